The molecule has 6 nitrogen and oxygen atoms in total. The van der Waals surface area contributed by atoms with Crippen LogP contribution in [0.4, 0.5) is 4.39 Å². The Morgan fingerprint density at radius 2 is 2.00 bits per heavy atom. The van der Waals surface area contributed by atoms with Crippen molar-refractivity contribution in [2.24, 2.45) is 0 Å². The largest absolute Gasteiger partial charge is 0.333 e. The highest BCUT2D eigenvalue weighted by atomic mass is 35.5. The molecule has 1 aliphatic rings. The lowest BCUT2D eigenvalue weighted by Gasteiger charge is -2.25. The summed E-state index contributed by atoms with van der Waals surface area (Å²) in [6.07, 6.45) is 1.94. The van der Waals surface area contributed by atoms with E-state index in [0.29, 0.717) is 11.3 Å². The number of piperidine rings is 1. The Hall–Kier alpha value is -1.99. The summed E-state index contributed by atoms with van der Waals surface area (Å²) in [4.78, 5) is 14.4. The van der Waals surface area contributed by atoms with Crippen molar-refractivity contribution in [2.45, 2.75) is 38.8 Å². The fraction of sp³-hybridized carbons (Fsp3) is 0.500. The summed E-state index contributed by atoms with van der Waals surface area (Å²) in [6.45, 7) is 5.56. The number of amides is 1. The van der Waals surface area contributed by atoms with Crippen LogP contribution in [0.1, 0.15) is 53.6 Å². The molecular formula is C18H25ClFN5O. The molecule has 0 radical (unpaired) electrons. The van der Waals surface area contributed by atoms with Gasteiger partial charge < -0.3 is 10.2 Å². The van der Waals surface area contributed by atoms with Crippen LogP contribution >= 0.6 is 12.4 Å². The number of rotatable bonds is 4. The number of benzene rings is 1. The van der Waals surface area contributed by atoms with Gasteiger partial charge in [-0.2, -0.15) is 0 Å². The first-order valence-corrected chi connectivity index (χ1v) is 8.64. The molecule has 1 saturated heterocycles. The summed E-state index contributed by atoms with van der Waals surface area (Å²) >= 11 is 0. The van der Waals surface area contributed by atoms with Gasteiger partial charge in [0.2, 0.25) is 0 Å². The van der Waals surface area contributed by atoms with E-state index in [1.165, 1.54) is 11.0 Å². The van der Waals surface area contributed by atoms with Crippen LogP contribution in [0.25, 0.3) is 0 Å². The maximum absolute atomic E-state index is 14.0. The van der Waals surface area contributed by atoms with Gasteiger partial charge in [-0.05, 0) is 45.8 Å². The second-order valence-corrected chi connectivity index (χ2v) is 6.56. The molecule has 0 saturated carbocycles. The first-order chi connectivity index (χ1) is 12.0. The Labute approximate surface area is 159 Å². The van der Waals surface area contributed by atoms with E-state index in [1.54, 1.807) is 25.2 Å². The summed E-state index contributed by atoms with van der Waals surface area (Å²) in [5.41, 5.74) is 1.59. The van der Waals surface area contributed by atoms with Crippen molar-refractivity contribution >= 4 is 18.3 Å². The lowest BCUT2D eigenvalue weighted by Crippen LogP contribution is -2.32. The number of hydrogen-bond donors (Lipinski definition) is 1. The third kappa shape index (κ3) is 3.88. The Kier molecular flexibility index (Phi) is 6.72. The molecule has 8 heteroatoms. The van der Waals surface area contributed by atoms with E-state index in [1.807, 2.05) is 18.5 Å². The zero-order valence-electron chi connectivity index (χ0n) is 15.3. The molecule has 3 rings (SSSR count). The Morgan fingerprint density at radius 3 is 2.65 bits per heavy atom. The minimum absolute atomic E-state index is 0. The molecule has 0 aliphatic carbocycles. The van der Waals surface area contributed by atoms with Crippen LogP contribution < -0.4 is 5.32 Å². The van der Waals surface area contributed by atoms with E-state index in [4.69, 9.17) is 0 Å². The first kappa shape index (κ1) is 20.3. The Morgan fingerprint density at radius 1 is 1.35 bits per heavy atom. The molecule has 0 bridgehead atoms. The van der Waals surface area contributed by atoms with Crippen molar-refractivity contribution in [3.05, 3.63) is 47.0 Å². The predicted octanol–water partition coefficient (Wildman–Crippen LogP) is 2.91. The second-order valence-electron chi connectivity index (χ2n) is 6.56. The molecule has 142 valence electrons. The van der Waals surface area contributed by atoms with Gasteiger partial charge in [-0.1, -0.05) is 23.4 Å². The highest BCUT2D eigenvalue weighted by Gasteiger charge is 2.27. The fourth-order valence-electron chi connectivity index (χ4n) is 3.30. The van der Waals surface area contributed by atoms with Gasteiger partial charge in [0.05, 0.1) is 17.8 Å². The molecule has 1 fully saturated rings. The molecular weight excluding hydrogens is 357 g/mol. The number of aromatic nitrogens is 3. The van der Waals surface area contributed by atoms with Crippen LogP contribution in [0.2, 0.25) is 0 Å². The lowest BCUT2D eigenvalue weighted by atomic mass is 10.1. The standard InChI is InChI=1S/C18H24FN5O.ClH/c1-12(15-6-4-5-7-16(15)19)23(3)18(25)17-13(2)24(22-21-17)14-8-10-20-11-9-14;/h4-7,12,14,20H,8-11H2,1-3H3;1H. The van der Waals surface area contributed by atoms with Crippen molar-refractivity contribution < 1.29 is 9.18 Å². The van der Waals surface area contributed by atoms with E-state index < -0.39 is 6.04 Å². The zero-order chi connectivity index (χ0) is 18.0. The first-order valence-electron chi connectivity index (χ1n) is 8.64. The number of hydrogen-bond acceptors (Lipinski definition) is 4. The van der Waals surface area contributed by atoms with E-state index in [-0.39, 0.29) is 30.2 Å². The minimum Gasteiger partial charge on any atom is -0.333 e. The van der Waals surface area contributed by atoms with Crippen molar-refractivity contribution in [1.29, 1.82) is 0 Å². The third-order valence-electron chi connectivity index (χ3n) is 5.04. The normalized spacial score (nSPS) is 16.0. The highest BCUT2D eigenvalue weighted by molar-refractivity contribution is 5.93. The SMILES string of the molecule is Cc1c(C(=O)N(C)C(C)c2ccccc2F)nnn1C1CCNCC1.Cl. The summed E-state index contributed by atoms with van der Waals surface area (Å²) < 4.78 is 15.9. The van der Waals surface area contributed by atoms with Crippen molar-refractivity contribution in [1.82, 2.24) is 25.2 Å². The quantitative estimate of drug-likeness (QED) is 0.884. The smallest absolute Gasteiger partial charge is 0.276 e. The van der Waals surface area contributed by atoms with Gasteiger partial charge in [0.25, 0.3) is 5.91 Å². The average molecular weight is 382 g/mol. The van der Waals surface area contributed by atoms with Gasteiger partial charge >= 0.3 is 0 Å². The summed E-state index contributed by atoms with van der Waals surface area (Å²) in [7, 11) is 1.67. The highest BCUT2D eigenvalue weighted by Crippen LogP contribution is 2.25. The monoisotopic (exact) mass is 381 g/mol. The van der Waals surface area contributed by atoms with Crippen LogP contribution in [0.15, 0.2) is 24.3 Å². The number of carbonyl (C=O) groups excluding carboxylic acids is 1. The van der Waals surface area contributed by atoms with Gasteiger partial charge in [-0.25, -0.2) is 9.07 Å². The molecule has 1 unspecified atom stereocenters. The molecule has 1 aromatic carbocycles. The van der Waals surface area contributed by atoms with E-state index in [9.17, 15) is 9.18 Å². The molecule has 1 N–H and O–H groups in total. The van der Waals surface area contributed by atoms with E-state index >= 15 is 0 Å². The Balaban J connectivity index is 0.00000243. The van der Waals surface area contributed by atoms with Crippen molar-refractivity contribution in [3.63, 3.8) is 0 Å². The molecule has 1 amide bonds. The number of carbonyl (C=O) groups is 1. The van der Waals surface area contributed by atoms with Gasteiger partial charge in [0.15, 0.2) is 5.69 Å². The van der Waals surface area contributed by atoms with E-state index in [0.717, 1.165) is 31.6 Å². The average Bonchev–Trinajstić information content (AvgIpc) is 3.02. The predicted molar refractivity (Wildman–Crippen MR) is 100 cm³/mol. The van der Waals surface area contributed by atoms with Crippen molar-refractivity contribution in [3.8, 4) is 0 Å². The summed E-state index contributed by atoms with van der Waals surface area (Å²) in [6, 6.07) is 6.39. The van der Waals surface area contributed by atoms with Crippen LogP contribution in [0, 0.1) is 12.7 Å². The van der Waals surface area contributed by atoms with Crippen LogP contribution in [0.5, 0.6) is 0 Å². The van der Waals surface area contributed by atoms with Gasteiger partial charge in [0, 0.05) is 12.6 Å². The third-order valence-corrected chi connectivity index (χ3v) is 5.04. The summed E-state index contributed by atoms with van der Waals surface area (Å²) in [5, 5.41) is 11.6. The van der Waals surface area contributed by atoms with Crippen LogP contribution in [-0.2, 0) is 0 Å². The molecule has 1 aromatic heterocycles. The van der Waals surface area contributed by atoms with Crippen LogP contribution in [-0.4, -0.2) is 45.9 Å². The summed E-state index contributed by atoms with van der Waals surface area (Å²) in [5.74, 6) is -0.557. The maximum Gasteiger partial charge on any atom is 0.276 e. The van der Waals surface area contributed by atoms with Gasteiger partial charge in [-0.3, -0.25) is 4.79 Å². The van der Waals surface area contributed by atoms with Crippen LogP contribution in [0.3, 0.4) is 0 Å². The van der Waals surface area contributed by atoms with E-state index in [2.05, 4.69) is 15.6 Å². The fourth-order valence-corrected chi connectivity index (χ4v) is 3.30. The molecule has 26 heavy (non-hydrogen) atoms. The molecule has 1 aliphatic heterocycles. The minimum atomic E-state index is -0.392. The number of nitrogens with zero attached hydrogens (tertiary/aromatic N) is 4. The van der Waals surface area contributed by atoms with Gasteiger partial charge in [-0.15, -0.1) is 17.5 Å². The number of nitrogens with one attached hydrogen (secondary N) is 1. The molecule has 0 spiro atoms. The zero-order valence-corrected chi connectivity index (χ0v) is 16.1. The second kappa shape index (κ2) is 8.60. The molecule has 2 aromatic rings. The Bertz CT molecular complexity index is 760. The maximum atomic E-state index is 14.0. The topological polar surface area (TPSA) is 63.1 Å². The molecule has 2 heterocycles. The number of halogens is 2. The molecule has 1 atom stereocenters. The lowest BCUT2D eigenvalue weighted by molar-refractivity contribution is 0.0733. The van der Waals surface area contributed by atoms with Crippen molar-refractivity contribution in [2.75, 3.05) is 20.1 Å². The van der Waals surface area contributed by atoms with Gasteiger partial charge in [0.1, 0.15) is 5.82 Å².